The Morgan fingerprint density at radius 2 is 0.730 bits per heavy atom. The summed E-state index contributed by atoms with van der Waals surface area (Å²) in [5.74, 6) is 1.78. The molecule has 0 aliphatic heterocycles. The Morgan fingerprint density at radius 3 is 1.30 bits per heavy atom. The largest absolute Gasteiger partial charge is 0.309 e. The highest BCUT2D eigenvalue weighted by Gasteiger charge is 2.27. The van der Waals surface area contributed by atoms with Crippen molar-refractivity contribution in [2.24, 2.45) is 0 Å². The van der Waals surface area contributed by atoms with Crippen molar-refractivity contribution in [3.05, 3.63) is 218 Å². The van der Waals surface area contributed by atoms with Crippen molar-refractivity contribution < 1.29 is 0 Å². The molecule has 6 nitrogen and oxygen atoms in total. The zero-order chi connectivity index (χ0) is 41.4. The van der Waals surface area contributed by atoms with Gasteiger partial charge in [-0.25, -0.2) is 4.98 Å². The Bertz CT molecular complexity index is 3790. The molecule has 0 saturated carbocycles. The van der Waals surface area contributed by atoms with Crippen molar-refractivity contribution in [1.82, 2.24) is 28.7 Å². The van der Waals surface area contributed by atoms with Crippen molar-refractivity contribution in [2.75, 3.05) is 0 Å². The molecule has 0 aliphatic rings. The van der Waals surface area contributed by atoms with Crippen LogP contribution >= 0.6 is 0 Å². The lowest BCUT2D eigenvalue weighted by Gasteiger charge is -2.15. The van der Waals surface area contributed by atoms with E-state index in [1.807, 2.05) is 36.4 Å². The van der Waals surface area contributed by atoms with Gasteiger partial charge in [0.2, 0.25) is 5.95 Å². The van der Waals surface area contributed by atoms with Gasteiger partial charge in [-0.2, -0.15) is 9.97 Å². The molecule has 0 N–H and O–H groups in total. The fourth-order valence-electron chi connectivity index (χ4n) is 9.78. The maximum atomic E-state index is 5.39. The predicted octanol–water partition coefficient (Wildman–Crippen LogP) is 14.2. The molecule has 0 saturated heterocycles. The van der Waals surface area contributed by atoms with Gasteiger partial charge in [-0.15, -0.1) is 0 Å². The highest BCUT2D eigenvalue weighted by atomic mass is 15.2. The maximum absolute atomic E-state index is 5.39. The van der Waals surface area contributed by atoms with E-state index in [1.54, 1.807) is 0 Å². The number of hydrogen-bond donors (Lipinski definition) is 0. The van der Waals surface area contributed by atoms with Crippen LogP contribution in [0.1, 0.15) is 0 Å². The Balaban J connectivity index is 1.25. The van der Waals surface area contributed by atoms with Crippen LogP contribution in [0.25, 0.3) is 117 Å². The third-order valence-corrected chi connectivity index (χ3v) is 12.5. The van der Waals surface area contributed by atoms with Crippen LogP contribution in [0, 0.1) is 0 Å². The molecule has 4 aromatic heterocycles. The van der Waals surface area contributed by atoms with Crippen LogP contribution < -0.4 is 0 Å². The van der Waals surface area contributed by atoms with E-state index in [0.29, 0.717) is 17.6 Å². The number of fused-ring (bicyclic) bond motifs is 10. The fraction of sp³-hybridized carbons (Fsp3) is 0. The quantitative estimate of drug-likeness (QED) is 0.168. The lowest BCUT2D eigenvalue weighted by atomic mass is 10.0. The number of hydrogen-bond acceptors (Lipinski definition) is 3. The monoisotopic (exact) mass is 804 g/mol. The number of aromatic nitrogens is 6. The van der Waals surface area contributed by atoms with Gasteiger partial charge in [0.1, 0.15) is 0 Å². The minimum absolute atomic E-state index is 0.553. The van der Waals surface area contributed by atoms with Gasteiger partial charge >= 0.3 is 0 Å². The van der Waals surface area contributed by atoms with Crippen molar-refractivity contribution in [2.45, 2.75) is 0 Å². The van der Waals surface area contributed by atoms with E-state index in [2.05, 4.69) is 196 Å². The van der Waals surface area contributed by atoms with E-state index in [1.165, 1.54) is 16.3 Å². The Kier molecular flexibility index (Phi) is 7.80. The zero-order valence-electron chi connectivity index (χ0n) is 34.0. The van der Waals surface area contributed by atoms with E-state index in [4.69, 9.17) is 15.0 Å². The van der Waals surface area contributed by atoms with Gasteiger partial charge in [-0.1, -0.05) is 176 Å². The number of para-hydroxylation sites is 4. The van der Waals surface area contributed by atoms with Crippen molar-refractivity contribution in [3.8, 4) is 51.2 Å². The van der Waals surface area contributed by atoms with Gasteiger partial charge in [0.15, 0.2) is 11.6 Å². The molecule has 0 fully saturated rings. The lowest BCUT2D eigenvalue weighted by molar-refractivity contribution is 0.955. The van der Waals surface area contributed by atoms with Crippen molar-refractivity contribution in [1.29, 1.82) is 0 Å². The molecular formula is C57H36N6. The summed E-state index contributed by atoms with van der Waals surface area (Å²) in [6.07, 6.45) is 0. The Hall–Kier alpha value is -8.61. The Labute approximate surface area is 362 Å². The van der Waals surface area contributed by atoms with Crippen LogP contribution in [0.3, 0.4) is 0 Å². The molecule has 0 radical (unpaired) electrons. The van der Waals surface area contributed by atoms with Gasteiger partial charge in [0, 0.05) is 49.1 Å². The predicted molar refractivity (Wildman–Crippen MR) is 259 cm³/mol. The number of rotatable bonds is 6. The normalized spacial score (nSPS) is 11.8. The second kappa shape index (κ2) is 14.0. The van der Waals surface area contributed by atoms with E-state index in [-0.39, 0.29) is 0 Å². The summed E-state index contributed by atoms with van der Waals surface area (Å²) in [6.45, 7) is 0. The topological polar surface area (TPSA) is 53.5 Å². The summed E-state index contributed by atoms with van der Waals surface area (Å²) in [5.41, 5.74) is 12.8. The van der Waals surface area contributed by atoms with Crippen molar-refractivity contribution >= 4 is 65.4 Å². The molecule has 0 amide bonds. The molecular weight excluding hydrogens is 769 g/mol. The van der Waals surface area contributed by atoms with Crippen LogP contribution in [0.15, 0.2) is 218 Å². The van der Waals surface area contributed by atoms with Crippen LogP contribution in [0.2, 0.25) is 0 Å². The second-order valence-electron chi connectivity index (χ2n) is 16.0. The number of nitrogens with zero attached hydrogens (tertiary/aromatic N) is 6. The molecule has 63 heavy (non-hydrogen) atoms. The van der Waals surface area contributed by atoms with Crippen LogP contribution in [0.5, 0.6) is 0 Å². The first kappa shape index (κ1) is 35.2. The molecule has 294 valence electrons. The average molecular weight is 805 g/mol. The van der Waals surface area contributed by atoms with E-state index in [0.717, 1.165) is 82.7 Å². The molecule has 4 heterocycles. The summed E-state index contributed by atoms with van der Waals surface area (Å²) in [7, 11) is 0. The van der Waals surface area contributed by atoms with Gasteiger partial charge < -0.3 is 9.13 Å². The highest BCUT2D eigenvalue weighted by molar-refractivity contribution is 6.29. The van der Waals surface area contributed by atoms with Crippen LogP contribution in [-0.2, 0) is 0 Å². The van der Waals surface area contributed by atoms with Crippen molar-refractivity contribution in [3.63, 3.8) is 0 Å². The molecule has 0 spiro atoms. The first-order valence-electron chi connectivity index (χ1n) is 21.3. The molecule has 13 rings (SSSR count). The average Bonchev–Trinajstić information content (AvgIpc) is 4.00. The molecule has 6 heteroatoms. The lowest BCUT2D eigenvalue weighted by Crippen LogP contribution is -2.07. The van der Waals surface area contributed by atoms with Gasteiger partial charge in [-0.05, 0) is 53.6 Å². The van der Waals surface area contributed by atoms with Gasteiger partial charge in [-0.3, -0.25) is 4.57 Å². The smallest absolute Gasteiger partial charge is 0.238 e. The van der Waals surface area contributed by atoms with E-state index >= 15 is 0 Å². The standard InChI is InChI=1S/C57H36N6/c1-4-19-37(20-5-1)40-25-18-26-41(35-40)61-48-33-16-12-29-44(48)52-50(61)36-51(62-46-31-14-10-27-42(46)43-28-11-15-32-47(43)62)53-45-30-13-17-34-49(45)63(54(52)53)57-59-55(38-21-6-2-7-22-38)58-56(60-57)39-23-8-3-9-24-39/h1-36H. The van der Waals surface area contributed by atoms with Gasteiger partial charge in [0.25, 0.3) is 0 Å². The summed E-state index contributed by atoms with van der Waals surface area (Å²) in [6, 6.07) is 77.4. The van der Waals surface area contributed by atoms with Crippen LogP contribution in [-0.4, -0.2) is 28.7 Å². The summed E-state index contributed by atoms with van der Waals surface area (Å²) >= 11 is 0. The SMILES string of the molecule is c1ccc(-c2cccc(-n3c4ccccc4c4c3cc(-n3c5ccccc5c5ccccc53)c3c5ccccc5n(-c5nc(-c6ccccc6)nc(-c6ccccc6)n5)c34)c2)cc1. The third-order valence-electron chi connectivity index (χ3n) is 12.5. The molecule has 0 bridgehead atoms. The molecule has 13 aromatic rings. The van der Waals surface area contributed by atoms with Gasteiger partial charge in [0.05, 0.1) is 38.8 Å². The third kappa shape index (κ3) is 5.41. The Morgan fingerprint density at radius 1 is 0.286 bits per heavy atom. The second-order valence-corrected chi connectivity index (χ2v) is 16.0. The van der Waals surface area contributed by atoms with E-state index in [9.17, 15) is 0 Å². The first-order valence-corrected chi connectivity index (χ1v) is 21.3. The molecule has 0 aliphatic carbocycles. The molecule has 0 atom stereocenters. The fourth-order valence-corrected chi connectivity index (χ4v) is 9.78. The summed E-state index contributed by atoms with van der Waals surface area (Å²) < 4.78 is 7.19. The summed E-state index contributed by atoms with van der Waals surface area (Å²) in [4.78, 5) is 15.9. The molecule has 0 unspecified atom stereocenters. The highest BCUT2D eigenvalue weighted by Crippen LogP contribution is 2.46. The molecule has 9 aromatic carbocycles. The first-order chi connectivity index (χ1) is 31.3. The summed E-state index contributed by atoms with van der Waals surface area (Å²) in [5, 5.41) is 6.90. The van der Waals surface area contributed by atoms with E-state index < -0.39 is 0 Å². The minimum Gasteiger partial charge on any atom is -0.309 e. The maximum Gasteiger partial charge on any atom is 0.238 e. The minimum atomic E-state index is 0.553. The van der Waals surface area contributed by atoms with Crippen LogP contribution in [0.4, 0.5) is 0 Å². The number of benzene rings is 9. The zero-order valence-corrected chi connectivity index (χ0v) is 34.0.